The van der Waals surface area contributed by atoms with Crippen molar-refractivity contribution in [3.05, 3.63) is 82.7 Å². The third kappa shape index (κ3) is 5.16. The van der Waals surface area contributed by atoms with Crippen LogP contribution in [0.1, 0.15) is 34.5 Å². The number of rotatable bonds is 3. The van der Waals surface area contributed by atoms with Crippen molar-refractivity contribution in [1.82, 2.24) is 14.6 Å². The first-order valence-electron chi connectivity index (χ1n) is 9.85. The van der Waals surface area contributed by atoms with Gasteiger partial charge in [-0.3, -0.25) is 0 Å². The monoisotopic (exact) mass is 506 g/mol. The summed E-state index contributed by atoms with van der Waals surface area (Å²) in [5.74, 6) is 5.38. The number of fused-ring (bicyclic) bond motifs is 1. The molecule has 0 aliphatic rings. The van der Waals surface area contributed by atoms with E-state index in [1.54, 1.807) is 13.0 Å². The van der Waals surface area contributed by atoms with Crippen LogP contribution in [-0.2, 0) is 16.2 Å². The van der Waals surface area contributed by atoms with Gasteiger partial charge in [0.25, 0.3) is 6.43 Å². The molecule has 0 aliphatic heterocycles. The highest BCUT2D eigenvalue weighted by Gasteiger charge is 2.30. The standard InChI is InChI=1S/C23H15F5N4O2S/c1-13-2-3-14(10-20(13)35(29,33)34)4-9-17-11-21-30-18(12-19(22(24)25)32(21)31-17)15-5-7-16(8-6-15)23(26,27)28/h2-3,5-8,10-12,22H,1H3,(H2,29,33,34). The van der Waals surface area contributed by atoms with Crippen molar-refractivity contribution >= 4 is 15.7 Å². The van der Waals surface area contributed by atoms with Crippen LogP contribution in [0.3, 0.4) is 0 Å². The number of primary sulfonamides is 1. The largest absolute Gasteiger partial charge is 0.416 e. The highest BCUT2D eigenvalue weighted by Crippen LogP contribution is 2.31. The molecule has 2 aromatic heterocycles. The lowest BCUT2D eigenvalue weighted by Gasteiger charge is -2.09. The molecule has 0 radical (unpaired) electrons. The quantitative estimate of drug-likeness (QED) is 0.322. The first-order valence-corrected chi connectivity index (χ1v) is 11.4. The van der Waals surface area contributed by atoms with Gasteiger partial charge in [-0.25, -0.2) is 31.8 Å². The average molecular weight is 506 g/mol. The molecule has 6 nitrogen and oxygen atoms in total. The molecule has 180 valence electrons. The summed E-state index contributed by atoms with van der Waals surface area (Å²) >= 11 is 0. The van der Waals surface area contributed by atoms with Gasteiger partial charge in [-0.05, 0) is 48.7 Å². The van der Waals surface area contributed by atoms with Gasteiger partial charge >= 0.3 is 6.18 Å². The summed E-state index contributed by atoms with van der Waals surface area (Å²) in [6.45, 7) is 1.57. The average Bonchev–Trinajstić information content (AvgIpc) is 3.19. The van der Waals surface area contributed by atoms with Crippen LogP contribution in [0.4, 0.5) is 22.0 Å². The van der Waals surface area contributed by atoms with Gasteiger partial charge in [-0.2, -0.15) is 18.3 Å². The molecule has 0 aliphatic carbocycles. The molecule has 0 atom stereocenters. The maximum absolute atomic E-state index is 13.7. The molecular formula is C23H15F5N4O2S. The summed E-state index contributed by atoms with van der Waals surface area (Å²) in [6.07, 6.45) is -7.49. The van der Waals surface area contributed by atoms with Crippen molar-refractivity contribution in [1.29, 1.82) is 0 Å². The smallest absolute Gasteiger partial charge is 0.228 e. The Morgan fingerprint density at radius 2 is 1.69 bits per heavy atom. The van der Waals surface area contributed by atoms with E-state index in [1.165, 1.54) is 18.2 Å². The van der Waals surface area contributed by atoms with E-state index in [4.69, 9.17) is 5.14 Å². The predicted molar refractivity (Wildman–Crippen MR) is 117 cm³/mol. The molecule has 0 saturated heterocycles. The number of alkyl halides is 5. The number of nitrogens with two attached hydrogens (primary N) is 1. The van der Waals surface area contributed by atoms with E-state index in [0.29, 0.717) is 11.1 Å². The normalized spacial score (nSPS) is 12.1. The number of halogens is 5. The van der Waals surface area contributed by atoms with Gasteiger partial charge in [0, 0.05) is 17.2 Å². The van der Waals surface area contributed by atoms with E-state index >= 15 is 0 Å². The Morgan fingerprint density at radius 1 is 1.00 bits per heavy atom. The van der Waals surface area contributed by atoms with Crippen LogP contribution in [0, 0.1) is 18.8 Å². The maximum atomic E-state index is 13.7. The first kappa shape index (κ1) is 24.3. The lowest BCUT2D eigenvalue weighted by molar-refractivity contribution is -0.137. The zero-order valence-electron chi connectivity index (χ0n) is 17.8. The van der Waals surface area contributed by atoms with Crippen LogP contribution in [-0.4, -0.2) is 23.0 Å². The minimum absolute atomic E-state index is 0.0103. The van der Waals surface area contributed by atoms with E-state index in [0.717, 1.165) is 34.8 Å². The molecule has 0 bridgehead atoms. The van der Waals surface area contributed by atoms with Crippen LogP contribution in [0.5, 0.6) is 0 Å². The molecule has 4 aromatic rings. The van der Waals surface area contributed by atoms with E-state index in [-0.39, 0.29) is 27.5 Å². The minimum atomic E-state index is -4.53. The van der Waals surface area contributed by atoms with Gasteiger partial charge in [-0.1, -0.05) is 24.1 Å². The summed E-state index contributed by atoms with van der Waals surface area (Å²) in [6, 6.07) is 10.7. The Hall–Kier alpha value is -3.82. The van der Waals surface area contributed by atoms with E-state index < -0.39 is 33.9 Å². The van der Waals surface area contributed by atoms with Crippen molar-refractivity contribution in [3.63, 3.8) is 0 Å². The van der Waals surface area contributed by atoms with Crippen LogP contribution in [0.2, 0.25) is 0 Å². The number of sulfonamides is 1. The Morgan fingerprint density at radius 3 is 2.29 bits per heavy atom. The fraction of sp³-hybridized carbons (Fsp3) is 0.130. The van der Waals surface area contributed by atoms with Crippen LogP contribution in [0.15, 0.2) is 59.5 Å². The van der Waals surface area contributed by atoms with Gasteiger partial charge in [0.05, 0.1) is 16.2 Å². The summed E-state index contributed by atoms with van der Waals surface area (Å²) in [7, 11) is -3.96. The Kier molecular flexibility index (Phi) is 6.08. The van der Waals surface area contributed by atoms with Crippen LogP contribution >= 0.6 is 0 Å². The fourth-order valence-electron chi connectivity index (χ4n) is 3.31. The van der Waals surface area contributed by atoms with Gasteiger partial charge in [0.15, 0.2) is 5.65 Å². The molecule has 0 unspecified atom stereocenters. The summed E-state index contributed by atoms with van der Waals surface area (Å²) < 4.78 is 90.2. The van der Waals surface area contributed by atoms with Gasteiger partial charge in [-0.15, -0.1) is 0 Å². The second kappa shape index (κ2) is 8.75. The van der Waals surface area contributed by atoms with Gasteiger partial charge in [0.1, 0.15) is 11.4 Å². The third-order valence-corrected chi connectivity index (χ3v) is 6.07. The highest BCUT2D eigenvalue weighted by atomic mass is 32.2. The van der Waals surface area contributed by atoms with Crippen LogP contribution < -0.4 is 5.14 Å². The lowest BCUT2D eigenvalue weighted by atomic mass is 10.1. The zero-order valence-corrected chi connectivity index (χ0v) is 18.6. The summed E-state index contributed by atoms with van der Waals surface area (Å²) in [5.41, 5.74) is -0.317. The van der Waals surface area contributed by atoms with Crippen molar-refractivity contribution < 1.29 is 30.4 Å². The molecule has 0 spiro atoms. The minimum Gasteiger partial charge on any atom is -0.228 e. The number of nitrogens with zero attached hydrogens (tertiary/aromatic N) is 3. The summed E-state index contributed by atoms with van der Waals surface area (Å²) in [5, 5.41) is 9.22. The molecule has 0 fully saturated rings. The molecule has 2 heterocycles. The molecule has 2 N–H and O–H groups in total. The Labute approximate surface area is 196 Å². The molecular weight excluding hydrogens is 491 g/mol. The SMILES string of the molecule is Cc1ccc(C#Cc2cc3nc(-c4ccc(C(F)(F)F)cc4)cc(C(F)F)n3n2)cc1S(N)(=O)=O. The van der Waals surface area contributed by atoms with Crippen molar-refractivity contribution in [3.8, 4) is 23.1 Å². The van der Waals surface area contributed by atoms with E-state index in [2.05, 4.69) is 21.9 Å². The van der Waals surface area contributed by atoms with Gasteiger partial charge in [0.2, 0.25) is 10.0 Å². The topological polar surface area (TPSA) is 90.3 Å². The first-order chi connectivity index (χ1) is 16.3. The molecule has 35 heavy (non-hydrogen) atoms. The van der Waals surface area contributed by atoms with Gasteiger partial charge < -0.3 is 0 Å². The zero-order chi connectivity index (χ0) is 25.5. The molecule has 2 aromatic carbocycles. The Bertz CT molecular complexity index is 1600. The maximum Gasteiger partial charge on any atom is 0.416 e. The third-order valence-electron chi connectivity index (χ3n) is 5.02. The number of hydrogen-bond acceptors (Lipinski definition) is 4. The molecule has 4 rings (SSSR count). The van der Waals surface area contributed by atoms with Crippen molar-refractivity contribution in [2.45, 2.75) is 24.4 Å². The second-order valence-electron chi connectivity index (χ2n) is 7.52. The molecule has 12 heteroatoms. The second-order valence-corrected chi connectivity index (χ2v) is 9.05. The van der Waals surface area contributed by atoms with Crippen molar-refractivity contribution in [2.75, 3.05) is 0 Å². The summed E-state index contributed by atoms with van der Waals surface area (Å²) in [4.78, 5) is 4.14. The number of benzene rings is 2. The van der Waals surface area contributed by atoms with E-state index in [9.17, 15) is 30.4 Å². The highest BCUT2D eigenvalue weighted by molar-refractivity contribution is 7.89. The number of hydrogen-bond donors (Lipinski definition) is 1. The predicted octanol–water partition coefficient (Wildman–Crippen LogP) is 4.71. The van der Waals surface area contributed by atoms with Crippen molar-refractivity contribution in [2.24, 2.45) is 5.14 Å². The number of aromatic nitrogens is 3. The lowest BCUT2D eigenvalue weighted by Crippen LogP contribution is -2.13. The molecule has 0 saturated carbocycles. The van der Waals surface area contributed by atoms with Crippen LogP contribution in [0.25, 0.3) is 16.9 Å². The van der Waals surface area contributed by atoms with E-state index in [1.807, 2.05) is 0 Å². The molecule has 0 amide bonds. The Balaban J connectivity index is 1.75. The number of aryl methyl sites for hydroxylation is 1. The fourth-order valence-corrected chi connectivity index (χ4v) is 4.12.